The summed E-state index contributed by atoms with van der Waals surface area (Å²) < 4.78 is 9.24. The second-order valence-electron chi connectivity index (χ2n) is 9.70. The molecule has 0 amide bonds. The van der Waals surface area contributed by atoms with Gasteiger partial charge in [-0.05, 0) is 61.2 Å². The van der Waals surface area contributed by atoms with Crippen molar-refractivity contribution in [2.45, 2.75) is 39.7 Å². The first kappa shape index (κ1) is 27.0. The highest BCUT2D eigenvalue weighted by Gasteiger charge is 2.33. The highest BCUT2D eigenvalue weighted by Crippen LogP contribution is 2.31. The summed E-state index contributed by atoms with van der Waals surface area (Å²) in [5.74, 6) is -0.159. The van der Waals surface area contributed by atoms with E-state index in [2.05, 4.69) is 18.8 Å². The van der Waals surface area contributed by atoms with E-state index in [4.69, 9.17) is 4.74 Å². The number of carbonyl (C=O) groups excluding carboxylic acids is 1. The van der Waals surface area contributed by atoms with E-state index in [1.165, 1.54) is 23.5 Å². The molecule has 10 heteroatoms. The third-order valence-corrected chi connectivity index (χ3v) is 7.82. The maximum Gasteiger partial charge on any atom is 0.338 e. The molecule has 0 spiro atoms. The van der Waals surface area contributed by atoms with Crippen LogP contribution in [-0.4, -0.2) is 26.6 Å². The third-order valence-electron chi connectivity index (χ3n) is 6.83. The molecule has 0 saturated heterocycles. The summed E-state index contributed by atoms with van der Waals surface area (Å²) >= 11 is 1.25. The zero-order valence-corrected chi connectivity index (χ0v) is 23.3. The van der Waals surface area contributed by atoms with E-state index >= 15 is 0 Å². The largest absolute Gasteiger partial charge is 0.463 e. The van der Waals surface area contributed by atoms with Crippen molar-refractivity contribution in [2.24, 2.45) is 4.99 Å². The van der Waals surface area contributed by atoms with Gasteiger partial charge in [0.25, 0.3) is 11.2 Å². The van der Waals surface area contributed by atoms with Gasteiger partial charge in [0.1, 0.15) is 0 Å². The number of non-ortho nitro benzene ring substituents is 1. The quantitative estimate of drug-likeness (QED) is 0.188. The summed E-state index contributed by atoms with van der Waals surface area (Å²) in [6.45, 7) is 7.93. The second kappa shape index (κ2) is 10.9. The van der Waals surface area contributed by atoms with E-state index in [0.29, 0.717) is 26.5 Å². The lowest BCUT2D eigenvalue weighted by molar-refractivity contribution is -0.384. The molecule has 9 nitrogen and oxygen atoms in total. The Labute approximate surface area is 234 Å². The van der Waals surface area contributed by atoms with E-state index in [1.807, 2.05) is 47.2 Å². The summed E-state index contributed by atoms with van der Waals surface area (Å²) in [6, 6.07) is 17.2. The molecular formula is C30H28N4O5S. The number of hydrogen-bond donors (Lipinski definition) is 0. The molecule has 0 radical (unpaired) electrons. The van der Waals surface area contributed by atoms with Crippen LogP contribution >= 0.6 is 11.3 Å². The van der Waals surface area contributed by atoms with Gasteiger partial charge in [-0.2, -0.15) is 0 Å². The first-order valence-corrected chi connectivity index (χ1v) is 13.7. The molecule has 1 atom stereocenters. The van der Waals surface area contributed by atoms with Gasteiger partial charge in [-0.15, -0.1) is 0 Å². The van der Waals surface area contributed by atoms with Gasteiger partial charge in [-0.1, -0.05) is 49.4 Å². The van der Waals surface area contributed by atoms with Crippen molar-refractivity contribution in [1.29, 1.82) is 0 Å². The van der Waals surface area contributed by atoms with Crippen LogP contribution < -0.4 is 14.9 Å². The number of benzene rings is 2. The fourth-order valence-corrected chi connectivity index (χ4v) is 5.82. The van der Waals surface area contributed by atoms with Crippen LogP contribution in [0.3, 0.4) is 0 Å². The van der Waals surface area contributed by atoms with Crippen LogP contribution in [-0.2, 0) is 9.53 Å². The summed E-state index contributed by atoms with van der Waals surface area (Å²) in [5.41, 5.74) is 3.97. The van der Waals surface area contributed by atoms with Crippen LogP contribution in [0.2, 0.25) is 0 Å². The second-order valence-corrected chi connectivity index (χ2v) is 10.7. The van der Waals surface area contributed by atoms with Crippen molar-refractivity contribution in [3.63, 3.8) is 0 Å². The van der Waals surface area contributed by atoms with Crippen LogP contribution in [0.25, 0.3) is 11.8 Å². The van der Waals surface area contributed by atoms with Crippen molar-refractivity contribution in [3.05, 3.63) is 125 Å². The predicted molar refractivity (Wildman–Crippen MR) is 153 cm³/mol. The van der Waals surface area contributed by atoms with Crippen LogP contribution in [0.4, 0.5) is 5.69 Å². The number of thiazole rings is 1. The molecule has 2 aromatic heterocycles. The van der Waals surface area contributed by atoms with E-state index in [-0.39, 0.29) is 17.9 Å². The molecule has 5 rings (SSSR count). The van der Waals surface area contributed by atoms with Crippen molar-refractivity contribution < 1.29 is 14.5 Å². The molecule has 1 aliphatic rings. The molecule has 3 heterocycles. The number of aromatic nitrogens is 2. The number of rotatable bonds is 7. The number of esters is 1. The van der Waals surface area contributed by atoms with Crippen LogP contribution in [0, 0.1) is 10.1 Å². The van der Waals surface area contributed by atoms with Crippen molar-refractivity contribution in [3.8, 4) is 5.69 Å². The van der Waals surface area contributed by atoms with E-state index in [9.17, 15) is 19.7 Å². The van der Waals surface area contributed by atoms with Gasteiger partial charge in [0.2, 0.25) is 0 Å². The summed E-state index contributed by atoms with van der Waals surface area (Å²) in [5, 5.41) is 11.1. The van der Waals surface area contributed by atoms with Crippen molar-refractivity contribution in [1.82, 2.24) is 9.13 Å². The molecule has 0 saturated carbocycles. The SMILES string of the molecule is CCOC(=O)C1=C(C)N=c2sc(=Cc3cccn3-c3ccc([N+](=O)[O-])cc3)c(=O)n2C1c1ccc(C(C)C)cc1. The van der Waals surface area contributed by atoms with Crippen LogP contribution in [0.1, 0.15) is 56.5 Å². The highest BCUT2D eigenvalue weighted by atomic mass is 32.1. The van der Waals surface area contributed by atoms with Crippen molar-refractivity contribution >= 4 is 29.1 Å². The number of nitro groups is 1. The fourth-order valence-electron chi connectivity index (χ4n) is 4.79. The minimum absolute atomic E-state index is 0.0000313. The van der Waals surface area contributed by atoms with Gasteiger partial charge in [0.05, 0.1) is 33.4 Å². The lowest BCUT2D eigenvalue weighted by Gasteiger charge is -2.25. The smallest absolute Gasteiger partial charge is 0.338 e. The Morgan fingerprint density at radius 3 is 2.48 bits per heavy atom. The van der Waals surface area contributed by atoms with E-state index in [1.54, 1.807) is 36.6 Å². The molecule has 0 N–H and O–H groups in total. The molecule has 1 aliphatic heterocycles. The van der Waals surface area contributed by atoms with E-state index < -0.39 is 16.9 Å². The Morgan fingerprint density at radius 1 is 1.15 bits per heavy atom. The van der Waals surface area contributed by atoms with Gasteiger partial charge in [-0.25, -0.2) is 9.79 Å². The third kappa shape index (κ3) is 4.93. The summed E-state index contributed by atoms with van der Waals surface area (Å²) in [6.07, 6.45) is 3.60. The maximum absolute atomic E-state index is 13.9. The summed E-state index contributed by atoms with van der Waals surface area (Å²) in [7, 11) is 0. The molecule has 40 heavy (non-hydrogen) atoms. The highest BCUT2D eigenvalue weighted by molar-refractivity contribution is 7.07. The number of allylic oxidation sites excluding steroid dienone is 1. The minimum Gasteiger partial charge on any atom is -0.463 e. The minimum atomic E-state index is -0.680. The van der Waals surface area contributed by atoms with Crippen molar-refractivity contribution in [2.75, 3.05) is 6.61 Å². The molecule has 0 fully saturated rings. The lowest BCUT2D eigenvalue weighted by Crippen LogP contribution is -2.40. The molecule has 204 valence electrons. The van der Waals surface area contributed by atoms with Crippen LogP contribution in [0.5, 0.6) is 0 Å². The molecule has 1 unspecified atom stereocenters. The van der Waals surface area contributed by atoms with Gasteiger partial charge in [0, 0.05) is 29.7 Å². The lowest BCUT2D eigenvalue weighted by atomic mass is 9.93. The molecule has 0 aliphatic carbocycles. The Kier molecular flexibility index (Phi) is 7.36. The normalized spacial score (nSPS) is 15.2. The predicted octanol–water partition coefficient (Wildman–Crippen LogP) is 4.62. The Hall–Kier alpha value is -4.57. The zero-order chi connectivity index (χ0) is 28.6. The average Bonchev–Trinajstić information content (AvgIpc) is 3.52. The standard InChI is InChI=1S/C30H28N4O5S/c1-5-39-29(36)26-19(4)31-30-33(27(26)21-10-8-20(9-11-21)18(2)3)28(35)25(40-30)17-24-7-6-16-32(24)22-12-14-23(15-13-22)34(37)38/h6-18,27H,5H2,1-4H3. The Bertz CT molecular complexity index is 1810. The first-order valence-electron chi connectivity index (χ1n) is 12.9. The molecule has 0 bridgehead atoms. The number of hydrogen-bond acceptors (Lipinski definition) is 7. The molecule has 4 aromatic rings. The monoisotopic (exact) mass is 556 g/mol. The Morgan fingerprint density at radius 2 is 1.85 bits per heavy atom. The van der Waals surface area contributed by atoms with Gasteiger partial charge in [0.15, 0.2) is 4.80 Å². The first-order chi connectivity index (χ1) is 19.2. The average molecular weight is 557 g/mol. The fraction of sp³-hybridized carbons (Fsp3) is 0.233. The molecular weight excluding hydrogens is 528 g/mol. The zero-order valence-electron chi connectivity index (χ0n) is 22.5. The Balaban J connectivity index is 1.65. The summed E-state index contributed by atoms with van der Waals surface area (Å²) in [4.78, 5) is 42.8. The van der Waals surface area contributed by atoms with Gasteiger partial charge < -0.3 is 9.30 Å². The number of fused-ring (bicyclic) bond motifs is 1. The number of nitrogens with zero attached hydrogens (tertiary/aromatic N) is 4. The number of carbonyl (C=O) groups is 1. The van der Waals surface area contributed by atoms with E-state index in [0.717, 1.165) is 22.5 Å². The topological polar surface area (TPSA) is 109 Å². The number of nitro benzene ring substituents is 1. The number of ether oxygens (including phenoxy) is 1. The van der Waals surface area contributed by atoms with Crippen LogP contribution in [0.15, 0.2) is 87.9 Å². The molecule has 2 aromatic carbocycles. The van der Waals surface area contributed by atoms with Gasteiger partial charge >= 0.3 is 5.97 Å². The maximum atomic E-state index is 13.9. The van der Waals surface area contributed by atoms with Gasteiger partial charge in [-0.3, -0.25) is 19.5 Å².